The third kappa shape index (κ3) is 4.90. The maximum Gasteiger partial charge on any atom is 0.246 e. The number of amides is 4. The number of fused-ring (bicyclic) bond motifs is 4. The van der Waals surface area contributed by atoms with Crippen LogP contribution in [-0.4, -0.2) is 35.8 Å². The topological polar surface area (TPSA) is 104 Å². The lowest BCUT2D eigenvalue weighted by molar-refractivity contribution is -0.127. The molecule has 0 aromatic heterocycles. The lowest BCUT2D eigenvalue weighted by Crippen LogP contribution is -2.53. The smallest absolute Gasteiger partial charge is 0.246 e. The molecule has 3 fully saturated rings. The van der Waals surface area contributed by atoms with Crippen molar-refractivity contribution in [2.24, 2.45) is 23.7 Å². The molecule has 1 N–H and O–H groups in total. The van der Waals surface area contributed by atoms with Crippen molar-refractivity contribution in [3.05, 3.63) is 127 Å². The molecule has 2 aliphatic heterocycles. The number of aryl methyl sites for hydroxylation is 1. The molecule has 4 aromatic carbocycles. The lowest BCUT2D eigenvalue weighted by Gasteiger charge is -2.51. The molecule has 1 saturated carbocycles. The van der Waals surface area contributed by atoms with Crippen molar-refractivity contribution in [2.45, 2.75) is 37.5 Å². The van der Waals surface area contributed by atoms with Crippen LogP contribution in [0.4, 0.5) is 11.4 Å². The zero-order valence-electron chi connectivity index (χ0n) is 28.2. The van der Waals surface area contributed by atoms with Crippen LogP contribution in [0.5, 0.6) is 11.5 Å². The summed E-state index contributed by atoms with van der Waals surface area (Å²) in [6.07, 6.45) is 3.27. The van der Waals surface area contributed by atoms with E-state index < -0.39 is 46.8 Å². The van der Waals surface area contributed by atoms with Crippen molar-refractivity contribution in [1.82, 2.24) is 0 Å². The molecular weight excluding hydrogens is 812 g/mol. The number of methoxy groups -OCH3 is 1. The third-order valence-corrected chi connectivity index (χ3v) is 13.9. The number of halogens is 3. The van der Waals surface area contributed by atoms with Gasteiger partial charge in [-0.3, -0.25) is 24.1 Å². The number of imide groups is 2. The maximum absolute atomic E-state index is 15.5. The summed E-state index contributed by atoms with van der Waals surface area (Å²) in [6.45, 7) is 2.04. The molecule has 0 radical (unpaired) electrons. The molecule has 6 unspecified atom stereocenters. The first-order chi connectivity index (χ1) is 25.0. The number of benzene rings is 4. The van der Waals surface area contributed by atoms with Gasteiger partial charge in [0.1, 0.15) is 0 Å². The highest BCUT2D eigenvalue weighted by atomic mass is 79.9. The maximum atomic E-state index is 15.5. The van der Waals surface area contributed by atoms with Gasteiger partial charge in [0.25, 0.3) is 0 Å². The van der Waals surface area contributed by atoms with Crippen molar-refractivity contribution in [1.29, 1.82) is 0 Å². The van der Waals surface area contributed by atoms with E-state index in [1.807, 2.05) is 67.6 Å². The van der Waals surface area contributed by atoms with Crippen LogP contribution < -0.4 is 14.5 Å². The fraction of sp³-hybridized carbons (Fsp3) is 0.268. The molecule has 0 spiro atoms. The summed E-state index contributed by atoms with van der Waals surface area (Å²) in [5, 5.41) is 11.4. The van der Waals surface area contributed by atoms with Gasteiger partial charge in [-0.25, -0.2) is 4.90 Å². The average Bonchev–Trinajstić information content (AvgIpc) is 3.55. The highest BCUT2D eigenvalue weighted by molar-refractivity contribution is 9.13. The van der Waals surface area contributed by atoms with Crippen LogP contribution in [0.3, 0.4) is 0 Å². The van der Waals surface area contributed by atoms with Crippen molar-refractivity contribution < 1.29 is 29.0 Å². The molecule has 2 heterocycles. The summed E-state index contributed by atoms with van der Waals surface area (Å²) >= 11 is 13.7. The summed E-state index contributed by atoms with van der Waals surface area (Å²) in [5.74, 6) is -5.07. The van der Waals surface area contributed by atoms with Crippen molar-refractivity contribution >= 4 is 78.5 Å². The molecule has 4 aliphatic rings. The predicted octanol–water partition coefficient (Wildman–Crippen LogP) is 8.51. The SMILES string of the molecule is CCc1ccc(N2C(=O)C3CC=C4C(CC5C(=O)N(c6cccc(Cl)c6)C(=O)C5(c5ccccc5)C4c4cc(OC)c(O)c(Br)c4Br)C3C2=O)cc1. The monoisotopic (exact) mass is 842 g/mol. The number of hydrogen-bond acceptors (Lipinski definition) is 6. The Balaban J connectivity index is 1.38. The van der Waals surface area contributed by atoms with Gasteiger partial charge >= 0.3 is 0 Å². The minimum atomic E-state index is -1.49. The minimum Gasteiger partial charge on any atom is -0.503 e. The average molecular weight is 845 g/mol. The van der Waals surface area contributed by atoms with Crippen LogP contribution in [0.2, 0.25) is 5.02 Å². The lowest BCUT2D eigenvalue weighted by atomic mass is 9.49. The number of anilines is 2. The Bertz CT molecular complexity index is 2210. The molecular formula is C41H33Br2ClN2O6. The normalized spacial score (nSPS) is 26.6. The number of nitrogens with zero attached hydrogens (tertiary/aromatic N) is 2. The van der Waals surface area contributed by atoms with Crippen molar-refractivity contribution in [3.63, 3.8) is 0 Å². The van der Waals surface area contributed by atoms with Crippen LogP contribution in [-0.2, 0) is 31.0 Å². The van der Waals surface area contributed by atoms with E-state index in [4.69, 9.17) is 16.3 Å². The van der Waals surface area contributed by atoms with E-state index in [1.165, 1.54) is 16.9 Å². The number of allylic oxidation sites excluding steroid dienone is 2. The van der Waals surface area contributed by atoms with E-state index in [1.54, 1.807) is 30.3 Å². The summed E-state index contributed by atoms with van der Waals surface area (Å²) in [5.41, 5.74) is 2.48. The molecule has 4 aromatic rings. The fourth-order valence-corrected chi connectivity index (χ4v) is 10.3. The van der Waals surface area contributed by atoms with Crippen LogP contribution in [0.15, 0.2) is 106 Å². The number of carbonyl (C=O) groups is 4. The Hall–Kier alpha value is -4.25. The molecule has 52 heavy (non-hydrogen) atoms. The highest BCUT2D eigenvalue weighted by Gasteiger charge is 2.70. The van der Waals surface area contributed by atoms with Crippen LogP contribution in [0, 0.1) is 23.7 Å². The quantitative estimate of drug-likeness (QED) is 0.154. The van der Waals surface area contributed by atoms with E-state index in [0.29, 0.717) is 36.5 Å². The van der Waals surface area contributed by atoms with Gasteiger partial charge in [-0.15, -0.1) is 0 Å². The summed E-state index contributed by atoms with van der Waals surface area (Å²) < 4.78 is 6.42. The zero-order valence-corrected chi connectivity index (χ0v) is 32.1. The Morgan fingerprint density at radius 3 is 2.25 bits per heavy atom. The third-order valence-electron chi connectivity index (χ3n) is 11.5. The Labute approximate surface area is 322 Å². The van der Waals surface area contributed by atoms with Crippen LogP contribution >= 0.6 is 43.5 Å². The van der Waals surface area contributed by atoms with Gasteiger partial charge in [0.05, 0.1) is 46.1 Å². The number of rotatable bonds is 6. The van der Waals surface area contributed by atoms with E-state index in [2.05, 4.69) is 31.9 Å². The van der Waals surface area contributed by atoms with E-state index in [-0.39, 0.29) is 36.2 Å². The summed E-state index contributed by atoms with van der Waals surface area (Å²) in [6, 6.07) is 25.1. The second kappa shape index (κ2) is 13.0. The molecule has 8 nitrogen and oxygen atoms in total. The molecule has 0 bridgehead atoms. The number of hydrogen-bond donors (Lipinski definition) is 1. The fourth-order valence-electron chi connectivity index (χ4n) is 9.20. The van der Waals surface area contributed by atoms with Gasteiger partial charge in [-0.2, -0.15) is 0 Å². The van der Waals surface area contributed by atoms with E-state index >= 15 is 4.79 Å². The largest absolute Gasteiger partial charge is 0.503 e. The van der Waals surface area contributed by atoms with Gasteiger partial charge < -0.3 is 9.84 Å². The Morgan fingerprint density at radius 1 is 0.846 bits per heavy atom. The highest BCUT2D eigenvalue weighted by Crippen LogP contribution is 2.66. The first kappa shape index (κ1) is 34.8. The second-order valence-electron chi connectivity index (χ2n) is 13.8. The summed E-state index contributed by atoms with van der Waals surface area (Å²) in [7, 11) is 1.44. The standard InChI is InChI=1S/C41H33Br2ClN2O6/c1-3-21-12-14-24(15-13-21)45-37(48)27-17-16-26-28(32(27)39(45)50)19-30-38(49)46(25-11-7-10-23(44)18-25)40(51)41(30,22-8-5-4-6-9-22)33(26)29-20-31(52-2)36(47)35(43)34(29)42/h4-16,18,20,27-28,30,32-33,47H,3,17,19H2,1-2H3. The summed E-state index contributed by atoms with van der Waals surface area (Å²) in [4.78, 5) is 61.8. The van der Waals surface area contributed by atoms with Gasteiger partial charge in [-0.05, 0) is 110 Å². The Morgan fingerprint density at radius 2 is 1.58 bits per heavy atom. The molecule has 4 amide bonds. The first-order valence-corrected chi connectivity index (χ1v) is 19.1. The zero-order chi connectivity index (χ0) is 36.6. The first-order valence-electron chi connectivity index (χ1n) is 17.2. The number of phenolic OH excluding ortho intramolecular Hbond substituents is 1. The van der Waals surface area contributed by atoms with Crippen molar-refractivity contribution in [2.75, 3.05) is 16.9 Å². The van der Waals surface area contributed by atoms with Gasteiger partial charge in [0, 0.05) is 15.4 Å². The van der Waals surface area contributed by atoms with Gasteiger partial charge in [0.2, 0.25) is 23.6 Å². The van der Waals surface area contributed by atoms with E-state index in [9.17, 15) is 19.5 Å². The van der Waals surface area contributed by atoms with Crippen LogP contribution in [0.25, 0.3) is 0 Å². The number of phenols is 1. The van der Waals surface area contributed by atoms with E-state index in [0.717, 1.165) is 17.6 Å². The number of aromatic hydroxyl groups is 1. The van der Waals surface area contributed by atoms with Gasteiger partial charge in [0.15, 0.2) is 11.5 Å². The molecule has 6 atom stereocenters. The molecule has 2 aliphatic carbocycles. The minimum absolute atomic E-state index is 0.135. The Kier molecular flexibility index (Phi) is 8.71. The number of carbonyl (C=O) groups excluding carboxylic acids is 4. The van der Waals surface area contributed by atoms with Crippen molar-refractivity contribution in [3.8, 4) is 11.5 Å². The van der Waals surface area contributed by atoms with Gasteiger partial charge in [-0.1, -0.05) is 78.7 Å². The predicted molar refractivity (Wildman–Crippen MR) is 204 cm³/mol. The molecule has 8 rings (SSSR count). The molecule has 2 saturated heterocycles. The number of ether oxygens (including phenoxy) is 1. The molecule has 264 valence electrons. The second-order valence-corrected chi connectivity index (χ2v) is 15.8. The molecule has 11 heteroatoms. The van der Waals surface area contributed by atoms with Crippen LogP contribution in [0.1, 0.15) is 42.4 Å².